The minimum Gasteiger partial charge on any atom is -0.386 e. The van der Waals surface area contributed by atoms with Crippen molar-refractivity contribution in [2.24, 2.45) is 5.92 Å². The number of hydrogen-bond donors (Lipinski definition) is 2. The van der Waals surface area contributed by atoms with E-state index in [2.05, 4.69) is 5.32 Å². The van der Waals surface area contributed by atoms with Gasteiger partial charge in [-0.3, -0.25) is 4.79 Å². The first kappa shape index (κ1) is 12.5. The molecule has 0 radical (unpaired) electrons. The largest absolute Gasteiger partial charge is 0.386 e. The van der Waals surface area contributed by atoms with Crippen LogP contribution in [0.1, 0.15) is 24.8 Å². The van der Waals surface area contributed by atoms with Gasteiger partial charge in [-0.1, -0.05) is 25.4 Å². The van der Waals surface area contributed by atoms with E-state index in [1.54, 1.807) is 12.1 Å². The lowest BCUT2D eigenvalue weighted by molar-refractivity contribution is -0.124. The highest BCUT2D eigenvalue weighted by Gasteiger charge is 2.13. The van der Waals surface area contributed by atoms with E-state index < -0.39 is 6.10 Å². The van der Waals surface area contributed by atoms with E-state index in [-0.39, 0.29) is 18.4 Å². The average Bonchev–Trinajstić information content (AvgIpc) is 2.60. The molecule has 0 aliphatic carbocycles. The minimum atomic E-state index is -0.676. The van der Waals surface area contributed by atoms with Crippen LogP contribution in [0, 0.1) is 5.92 Å². The predicted octanol–water partition coefficient (Wildman–Crippen LogP) is 2.21. The van der Waals surface area contributed by atoms with Gasteiger partial charge in [-0.15, -0.1) is 11.3 Å². The summed E-state index contributed by atoms with van der Waals surface area (Å²) in [6, 6.07) is 3.49. The molecule has 1 unspecified atom stereocenters. The highest BCUT2D eigenvalue weighted by Crippen LogP contribution is 2.26. The second-order valence-electron chi connectivity index (χ2n) is 3.56. The van der Waals surface area contributed by atoms with Gasteiger partial charge in [-0.2, -0.15) is 0 Å². The molecule has 1 aromatic heterocycles. The highest BCUT2D eigenvalue weighted by molar-refractivity contribution is 7.16. The van der Waals surface area contributed by atoms with Crippen molar-refractivity contribution in [2.75, 3.05) is 6.54 Å². The van der Waals surface area contributed by atoms with Crippen LogP contribution >= 0.6 is 22.9 Å². The van der Waals surface area contributed by atoms with Crippen LogP contribution in [0.3, 0.4) is 0 Å². The molecule has 0 aliphatic heterocycles. The van der Waals surface area contributed by atoms with Crippen molar-refractivity contribution in [1.82, 2.24) is 5.32 Å². The molecule has 5 heteroatoms. The average molecular weight is 248 g/mol. The molecule has 1 aromatic rings. The number of hydrogen-bond acceptors (Lipinski definition) is 3. The Kier molecular flexibility index (Phi) is 4.57. The van der Waals surface area contributed by atoms with Crippen LogP contribution in [0.2, 0.25) is 4.34 Å². The first-order valence-corrected chi connectivity index (χ1v) is 5.91. The second kappa shape index (κ2) is 5.49. The molecule has 1 atom stereocenters. The summed E-state index contributed by atoms with van der Waals surface area (Å²) < 4.78 is 0.638. The van der Waals surface area contributed by atoms with Crippen LogP contribution < -0.4 is 5.32 Å². The van der Waals surface area contributed by atoms with Gasteiger partial charge in [0.2, 0.25) is 5.91 Å². The lowest BCUT2D eigenvalue weighted by Gasteiger charge is -2.11. The van der Waals surface area contributed by atoms with Crippen molar-refractivity contribution in [3.63, 3.8) is 0 Å². The Morgan fingerprint density at radius 3 is 2.73 bits per heavy atom. The Balaban J connectivity index is 2.43. The molecule has 0 aliphatic rings. The number of aliphatic hydroxyl groups is 1. The maximum Gasteiger partial charge on any atom is 0.222 e. The fourth-order valence-corrected chi connectivity index (χ4v) is 2.06. The van der Waals surface area contributed by atoms with Crippen LogP contribution in [-0.4, -0.2) is 17.6 Å². The van der Waals surface area contributed by atoms with Gasteiger partial charge in [-0.05, 0) is 12.1 Å². The fourth-order valence-electron chi connectivity index (χ4n) is 1.01. The molecule has 0 saturated carbocycles. The molecule has 1 heterocycles. The Morgan fingerprint density at radius 1 is 1.60 bits per heavy atom. The van der Waals surface area contributed by atoms with E-state index in [0.717, 1.165) is 4.88 Å². The monoisotopic (exact) mass is 247 g/mol. The summed E-state index contributed by atoms with van der Waals surface area (Å²) in [5.74, 6) is -0.124. The maximum atomic E-state index is 11.2. The molecule has 2 N–H and O–H groups in total. The third-order valence-electron chi connectivity index (χ3n) is 1.92. The van der Waals surface area contributed by atoms with Crippen molar-refractivity contribution < 1.29 is 9.90 Å². The van der Waals surface area contributed by atoms with Gasteiger partial charge in [0, 0.05) is 17.3 Å². The standard InChI is InChI=1S/C10H14ClNO2S/c1-6(2)10(14)12-5-7(13)8-3-4-9(11)15-8/h3-4,6-7,13H,5H2,1-2H3,(H,12,14). The van der Waals surface area contributed by atoms with E-state index in [0.29, 0.717) is 4.34 Å². The molecule has 0 bridgehead atoms. The van der Waals surface area contributed by atoms with Crippen LogP contribution in [0.25, 0.3) is 0 Å². The smallest absolute Gasteiger partial charge is 0.222 e. The lowest BCUT2D eigenvalue weighted by Crippen LogP contribution is -2.31. The van der Waals surface area contributed by atoms with Gasteiger partial charge in [0.15, 0.2) is 0 Å². The third kappa shape index (κ3) is 3.81. The van der Waals surface area contributed by atoms with E-state index >= 15 is 0 Å². The van der Waals surface area contributed by atoms with Crippen molar-refractivity contribution in [2.45, 2.75) is 20.0 Å². The summed E-state index contributed by atoms with van der Waals surface area (Å²) >= 11 is 7.06. The summed E-state index contributed by atoms with van der Waals surface area (Å²) in [6.07, 6.45) is -0.676. The number of amides is 1. The van der Waals surface area contributed by atoms with Crippen LogP contribution in [0.15, 0.2) is 12.1 Å². The number of carbonyl (C=O) groups excluding carboxylic acids is 1. The number of aliphatic hydroxyl groups excluding tert-OH is 1. The van der Waals surface area contributed by atoms with E-state index in [1.807, 2.05) is 13.8 Å². The maximum absolute atomic E-state index is 11.2. The number of carbonyl (C=O) groups is 1. The normalized spacial score (nSPS) is 12.9. The van der Waals surface area contributed by atoms with Gasteiger partial charge in [0.05, 0.1) is 4.34 Å². The minimum absolute atomic E-state index is 0.0586. The number of nitrogens with one attached hydrogen (secondary N) is 1. The summed E-state index contributed by atoms with van der Waals surface area (Å²) in [7, 11) is 0. The SMILES string of the molecule is CC(C)C(=O)NCC(O)c1ccc(Cl)s1. The molecule has 0 saturated heterocycles. The van der Waals surface area contributed by atoms with Gasteiger partial charge >= 0.3 is 0 Å². The molecule has 15 heavy (non-hydrogen) atoms. The highest BCUT2D eigenvalue weighted by atomic mass is 35.5. The summed E-state index contributed by atoms with van der Waals surface area (Å²) in [4.78, 5) is 12.0. The first-order valence-electron chi connectivity index (χ1n) is 4.71. The predicted molar refractivity (Wildman–Crippen MR) is 62.1 cm³/mol. The number of thiophene rings is 1. The number of halogens is 1. The Labute approximate surface area is 98.1 Å². The molecule has 0 aromatic carbocycles. The van der Waals surface area contributed by atoms with Crippen molar-refractivity contribution in [3.05, 3.63) is 21.3 Å². The molecule has 0 spiro atoms. The molecular formula is C10H14ClNO2S. The van der Waals surface area contributed by atoms with Crippen molar-refractivity contribution in [3.8, 4) is 0 Å². The zero-order valence-corrected chi connectivity index (χ0v) is 10.2. The molecule has 84 valence electrons. The quantitative estimate of drug-likeness (QED) is 0.857. The Morgan fingerprint density at radius 2 is 2.27 bits per heavy atom. The van der Waals surface area contributed by atoms with Gasteiger partial charge in [0.1, 0.15) is 6.10 Å². The lowest BCUT2D eigenvalue weighted by atomic mass is 10.2. The topological polar surface area (TPSA) is 49.3 Å². The fraction of sp³-hybridized carbons (Fsp3) is 0.500. The zero-order valence-electron chi connectivity index (χ0n) is 8.66. The van der Waals surface area contributed by atoms with Crippen molar-refractivity contribution in [1.29, 1.82) is 0 Å². The Hall–Kier alpha value is -0.580. The van der Waals surface area contributed by atoms with Crippen LogP contribution in [-0.2, 0) is 4.79 Å². The summed E-state index contributed by atoms with van der Waals surface area (Å²) in [5, 5.41) is 12.4. The first-order chi connectivity index (χ1) is 7.00. The molecule has 0 fully saturated rings. The van der Waals surface area contributed by atoms with Gasteiger partial charge < -0.3 is 10.4 Å². The van der Waals surface area contributed by atoms with Crippen LogP contribution in [0.4, 0.5) is 0 Å². The van der Waals surface area contributed by atoms with Crippen molar-refractivity contribution >= 4 is 28.8 Å². The molecule has 3 nitrogen and oxygen atoms in total. The van der Waals surface area contributed by atoms with E-state index in [9.17, 15) is 9.90 Å². The molecule has 1 amide bonds. The second-order valence-corrected chi connectivity index (χ2v) is 5.30. The Bertz CT molecular complexity index is 338. The summed E-state index contributed by atoms with van der Waals surface area (Å²) in [6.45, 7) is 3.85. The van der Waals surface area contributed by atoms with E-state index in [1.165, 1.54) is 11.3 Å². The van der Waals surface area contributed by atoms with Crippen LogP contribution in [0.5, 0.6) is 0 Å². The molecule has 1 rings (SSSR count). The number of rotatable bonds is 4. The van der Waals surface area contributed by atoms with Gasteiger partial charge in [-0.25, -0.2) is 0 Å². The molecular weight excluding hydrogens is 234 g/mol. The van der Waals surface area contributed by atoms with E-state index in [4.69, 9.17) is 11.6 Å². The third-order valence-corrected chi connectivity index (χ3v) is 3.25. The van der Waals surface area contributed by atoms with Gasteiger partial charge in [0.25, 0.3) is 0 Å². The zero-order chi connectivity index (χ0) is 11.4. The summed E-state index contributed by atoms with van der Waals surface area (Å²) in [5.41, 5.74) is 0.